The van der Waals surface area contributed by atoms with Gasteiger partial charge in [0, 0.05) is 10.4 Å². The van der Waals surface area contributed by atoms with Crippen LogP contribution in [-0.2, 0) is 12.8 Å². The van der Waals surface area contributed by atoms with E-state index >= 15 is 0 Å². The van der Waals surface area contributed by atoms with Crippen LogP contribution in [0.1, 0.15) is 47.4 Å². The molecule has 1 aliphatic rings. The van der Waals surface area contributed by atoms with E-state index in [4.69, 9.17) is 8.83 Å². The van der Waals surface area contributed by atoms with E-state index in [2.05, 4.69) is 33.4 Å². The smallest absolute Gasteiger partial charge is 0.277 e. The maximum absolute atomic E-state index is 5.93. The molecule has 2 atom stereocenters. The second-order valence-corrected chi connectivity index (χ2v) is 10.3. The van der Waals surface area contributed by atoms with Gasteiger partial charge in [-0.15, -0.1) is 31.7 Å². The van der Waals surface area contributed by atoms with Crippen molar-refractivity contribution in [2.75, 3.05) is 0 Å². The highest BCUT2D eigenvalue weighted by molar-refractivity contribution is 7.99. The Kier molecular flexibility index (Phi) is 5.20. The van der Waals surface area contributed by atoms with Crippen LogP contribution in [0, 0.1) is 12.8 Å². The number of hydrogen-bond donors (Lipinski definition) is 0. The van der Waals surface area contributed by atoms with Crippen molar-refractivity contribution in [2.24, 2.45) is 5.92 Å². The summed E-state index contributed by atoms with van der Waals surface area (Å²) in [7, 11) is 0. The molecule has 1 aliphatic carbocycles. The fourth-order valence-electron chi connectivity index (χ4n) is 3.58. The predicted molar refractivity (Wildman–Crippen MR) is 118 cm³/mol. The Balaban J connectivity index is 1.29. The van der Waals surface area contributed by atoms with Crippen LogP contribution in [0.25, 0.3) is 22.2 Å². The lowest BCUT2D eigenvalue weighted by atomic mass is 9.90. The van der Waals surface area contributed by atoms with Crippen molar-refractivity contribution in [1.82, 2.24) is 20.4 Å². The highest BCUT2D eigenvalue weighted by atomic mass is 32.2. The molecule has 0 amide bonds. The van der Waals surface area contributed by atoms with E-state index < -0.39 is 0 Å². The summed E-state index contributed by atoms with van der Waals surface area (Å²) in [6.45, 7) is 6.35. The number of hydrogen-bond acceptors (Lipinski definition) is 8. The number of fused-ring (bicyclic) bond motifs is 1. The lowest BCUT2D eigenvalue weighted by molar-refractivity contribution is 0.462. The number of thioether (sulfide) groups is 1. The zero-order valence-electron chi connectivity index (χ0n) is 17.1. The molecule has 8 heteroatoms. The van der Waals surface area contributed by atoms with Gasteiger partial charge in [-0.25, -0.2) is 0 Å². The summed E-state index contributed by atoms with van der Waals surface area (Å²) >= 11 is 3.20. The molecule has 0 saturated heterocycles. The van der Waals surface area contributed by atoms with Crippen LogP contribution in [0.5, 0.6) is 0 Å². The molecule has 3 aromatic heterocycles. The van der Waals surface area contributed by atoms with Gasteiger partial charge in [-0.3, -0.25) is 0 Å². The van der Waals surface area contributed by atoms with Crippen molar-refractivity contribution in [3.63, 3.8) is 0 Å². The van der Waals surface area contributed by atoms with Gasteiger partial charge in [0.25, 0.3) is 11.1 Å². The average Bonchev–Trinajstić information content (AvgIpc) is 3.47. The number of aromatic nitrogens is 4. The van der Waals surface area contributed by atoms with Crippen LogP contribution < -0.4 is 0 Å². The predicted octanol–water partition coefficient (Wildman–Crippen LogP) is 6.13. The summed E-state index contributed by atoms with van der Waals surface area (Å²) < 4.78 is 11.8. The fraction of sp³-hybridized carbons (Fsp3) is 0.364. The SMILES string of the molecule is Cc1ccc(-c2nnc([C@@H](C)Sc3nnc(-c4cc5c(s4)CC[C@@H](C)C5)o3)o2)cc1. The van der Waals surface area contributed by atoms with E-state index in [1.165, 1.54) is 34.2 Å². The highest BCUT2D eigenvalue weighted by Gasteiger charge is 2.23. The molecule has 30 heavy (non-hydrogen) atoms. The number of benzene rings is 1. The third-order valence-corrected chi connectivity index (χ3v) is 7.46. The summed E-state index contributed by atoms with van der Waals surface area (Å²) in [5, 5.41) is 17.3. The Morgan fingerprint density at radius 3 is 2.70 bits per heavy atom. The van der Waals surface area contributed by atoms with Gasteiger partial charge in [-0.1, -0.05) is 36.4 Å². The van der Waals surface area contributed by atoms with Gasteiger partial charge in [0.05, 0.1) is 10.1 Å². The molecule has 0 fully saturated rings. The molecule has 0 radical (unpaired) electrons. The van der Waals surface area contributed by atoms with Gasteiger partial charge in [-0.05, 0) is 62.8 Å². The van der Waals surface area contributed by atoms with Gasteiger partial charge in [0.15, 0.2) is 0 Å². The van der Waals surface area contributed by atoms with Crippen molar-refractivity contribution in [3.05, 3.63) is 52.2 Å². The first kappa shape index (κ1) is 19.5. The minimum absolute atomic E-state index is 0.0950. The molecular weight excluding hydrogens is 416 g/mol. The Morgan fingerprint density at radius 1 is 1.07 bits per heavy atom. The van der Waals surface area contributed by atoms with Crippen LogP contribution in [0.15, 0.2) is 44.4 Å². The number of aryl methyl sites for hydroxylation is 2. The van der Waals surface area contributed by atoms with Crippen LogP contribution in [-0.4, -0.2) is 20.4 Å². The lowest BCUT2D eigenvalue weighted by Gasteiger charge is -2.16. The number of nitrogens with zero attached hydrogens (tertiary/aromatic N) is 4. The van der Waals surface area contributed by atoms with Crippen LogP contribution in [0.4, 0.5) is 0 Å². The van der Waals surface area contributed by atoms with E-state index in [0.29, 0.717) is 22.9 Å². The third kappa shape index (κ3) is 3.94. The molecule has 5 rings (SSSR count). The molecule has 6 nitrogen and oxygen atoms in total. The standard InChI is InChI=1S/C22H22N4O2S2/c1-12-4-7-15(8-5-12)20-24-23-19(27-20)14(3)29-22-26-25-21(28-22)18-11-16-10-13(2)6-9-17(16)30-18/h4-5,7-8,11,13-14H,6,9-10H2,1-3H3/t13-,14-/m1/s1. The molecule has 1 aromatic carbocycles. The van der Waals surface area contributed by atoms with Gasteiger partial charge < -0.3 is 8.83 Å². The molecule has 0 spiro atoms. The Morgan fingerprint density at radius 2 is 1.87 bits per heavy atom. The molecule has 0 aliphatic heterocycles. The summed E-state index contributed by atoms with van der Waals surface area (Å²) in [4.78, 5) is 2.51. The second kappa shape index (κ2) is 8.00. The minimum Gasteiger partial charge on any atom is -0.419 e. The minimum atomic E-state index is -0.0950. The molecule has 0 saturated carbocycles. The van der Waals surface area contributed by atoms with E-state index in [9.17, 15) is 0 Å². The van der Waals surface area contributed by atoms with E-state index in [1.807, 2.05) is 38.1 Å². The Hall–Kier alpha value is -2.45. The number of thiophene rings is 1. The van der Waals surface area contributed by atoms with E-state index in [0.717, 1.165) is 29.2 Å². The van der Waals surface area contributed by atoms with Crippen molar-refractivity contribution < 1.29 is 8.83 Å². The van der Waals surface area contributed by atoms with Crippen molar-refractivity contribution in [1.29, 1.82) is 0 Å². The van der Waals surface area contributed by atoms with Gasteiger partial charge >= 0.3 is 0 Å². The molecular formula is C22H22N4O2S2. The molecule has 154 valence electrons. The van der Waals surface area contributed by atoms with Crippen LogP contribution in [0.3, 0.4) is 0 Å². The monoisotopic (exact) mass is 438 g/mol. The fourth-order valence-corrected chi connectivity index (χ4v) is 5.42. The van der Waals surface area contributed by atoms with Gasteiger partial charge in [0.1, 0.15) is 0 Å². The first-order chi connectivity index (χ1) is 14.5. The number of rotatable bonds is 5. The summed E-state index contributed by atoms with van der Waals surface area (Å²) in [5.74, 6) is 2.38. The third-order valence-electron chi connectivity index (χ3n) is 5.31. The molecule has 0 unspecified atom stereocenters. The Bertz CT molecular complexity index is 1160. The van der Waals surface area contributed by atoms with Gasteiger partial charge in [-0.2, -0.15) is 0 Å². The quantitative estimate of drug-likeness (QED) is 0.347. The van der Waals surface area contributed by atoms with Crippen molar-refractivity contribution in [2.45, 2.75) is 50.5 Å². The zero-order valence-corrected chi connectivity index (χ0v) is 18.7. The topological polar surface area (TPSA) is 77.8 Å². The molecule has 4 aromatic rings. The summed E-state index contributed by atoms with van der Waals surface area (Å²) in [6, 6.07) is 10.2. The average molecular weight is 439 g/mol. The lowest BCUT2D eigenvalue weighted by Crippen LogP contribution is -2.07. The summed E-state index contributed by atoms with van der Waals surface area (Å²) in [5.41, 5.74) is 3.53. The molecule has 0 bridgehead atoms. The summed E-state index contributed by atoms with van der Waals surface area (Å²) in [6.07, 6.45) is 3.54. The molecule has 3 heterocycles. The normalized spacial score (nSPS) is 17.1. The maximum Gasteiger partial charge on any atom is 0.277 e. The largest absolute Gasteiger partial charge is 0.419 e. The van der Waals surface area contributed by atoms with Gasteiger partial charge in [0.2, 0.25) is 11.8 Å². The second-order valence-electron chi connectivity index (χ2n) is 7.85. The van der Waals surface area contributed by atoms with Crippen LogP contribution >= 0.6 is 23.1 Å². The van der Waals surface area contributed by atoms with Crippen molar-refractivity contribution >= 4 is 23.1 Å². The van der Waals surface area contributed by atoms with E-state index in [-0.39, 0.29) is 5.25 Å². The van der Waals surface area contributed by atoms with E-state index in [1.54, 1.807) is 11.3 Å². The first-order valence-electron chi connectivity index (χ1n) is 10.1. The first-order valence-corrected chi connectivity index (χ1v) is 11.8. The highest BCUT2D eigenvalue weighted by Crippen LogP contribution is 2.39. The zero-order chi connectivity index (χ0) is 20.7. The van der Waals surface area contributed by atoms with Crippen LogP contribution in [0.2, 0.25) is 0 Å². The van der Waals surface area contributed by atoms with Crippen molar-refractivity contribution in [3.8, 4) is 22.2 Å². The maximum atomic E-state index is 5.93. The molecule has 0 N–H and O–H groups in total. The Labute approximate surface area is 183 Å².